The summed E-state index contributed by atoms with van der Waals surface area (Å²) >= 11 is 0. The highest BCUT2D eigenvalue weighted by Crippen LogP contribution is 2.13. The van der Waals surface area contributed by atoms with E-state index in [2.05, 4.69) is 5.32 Å². The van der Waals surface area contributed by atoms with Gasteiger partial charge in [-0.25, -0.2) is 0 Å². The van der Waals surface area contributed by atoms with Crippen molar-refractivity contribution in [1.82, 2.24) is 0 Å². The summed E-state index contributed by atoms with van der Waals surface area (Å²) in [6, 6.07) is 15.3. The largest absolute Gasteiger partial charge is 0.481 e. The maximum absolute atomic E-state index is 12.0. The normalized spacial score (nSPS) is 10.7. The second-order valence-corrected chi connectivity index (χ2v) is 5.62. The van der Waals surface area contributed by atoms with Gasteiger partial charge in [0.2, 0.25) is 5.91 Å². The predicted molar refractivity (Wildman–Crippen MR) is 95.9 cm³/mol. The van der Waals surface area contributed by atoms with E-state index in [1.165, 1.54) is 6.08 Å². The molecule has 0 radical (unpaired) electrons. The fourth-order valence-electron chi connectivity index (χ4n) is 2.32. The van der Waals surface area contributed by atoms with Crippen LogP contribution < -0.4 is 5.32 Å². The van der Waals surface area contributed by atoms with Crippen molar-refractivity contribution in [2.75, 3.05) is 5.32 Å². The Bertz CT molecular complexity index is 733. The summed E-state index contributed by atoms with van der Waals surface area (Å²) in [6.45, 7) is 2.00. The summed E-state index contributed by atoms with van der Waals surface area (Å²) < 4.78 is 0. The molecular weight excluding hydrogens is 302 g/mol. The number of nitrogens with one attached hydrogen (secondary N) is 1. The van der Waals surface area contributed by atoms with Crippen molar-refractivity contribution < 1.29 is 14.7 Å². The Kier molecular flexibility index (Phi) is 6.32. The number of amides is 1. The molecule has 0 bridgehead atoms. The number of hydrogen-bond acceptors (Lipinski definition) is 2. The second kappa shape index (κ2) is 8.67. The third kappa shape index (κ3) is 5.72. The molecule has 0 unspecified atom stereocenters. The van der Waals surface area contributed by atoms with E-state index >= 15 is 0 Å². The molecule has 0 atom stereocenters. The molecule has 0 saturated heterocycles. The molecule has 1 amide bonds. The first-order valence-corrected chi connectivity index (χ1v) is 7.90. The van der Waals surface area contributed by atoms with Gasteiger partial charge < -0.3 is 10.4 Å². The highest BCUT2D eigenvalue weighted by atomic mass is 16.4. The molecule has 2 N–H and O–H groups in total. The molecule has 0 fully saturated rings. The third-order valence-electron chi connectivity index (χ3n) is 3.68. The molecule has 0 saturated carbocycles. The lowest BCUT2D eigenvalue weighted by molar-refractivity contribution is -0.137. The first-order chi connectivity index (χ1) is 11.5. The lowest BCUT2D eigenvalue weighted by Crippen LogP contribution is -2.07. The lowest BCUT2D eigenvalue weighted by atomic mass is 10.1. The first-order valence-electron chi connectivity index (χ1n) is 7.90. The number of carbonyl (C=O) groups excluding carboxylic acids is 1. The van der Waals surface area contributed by atoms with Crippen LogP contribution >= 0.6 is 0 Å². The number of carbonyl (C=O) groups is 2. The van der Waals surface area contributed by atoms with Gasteiger partial charge in [-0.1, -0.05) is 36.4 Å². The van der Waals surface area contributed by atoms with Gasteiger partial charge in [0.05, 0.1) is 0 Å². The minimum atomic E-state index is -0.778. The van der Waals surface area contributed by atoms with Crippen LogP contribution in [0.4, 0.5) is 5.69 Å². The van der Waals surface area contributed by atoms with Crippen molar-refractivity contribution in [2.24, 2.45) is 0 Å². The van der Waals surface area contributed by atoms with Crippen molar-refractivity contribution in [3.05, 3.63) is 71.3 Å². The molecule has 0 aliphatic rings. The van der Waals surface area contributed by atoms with Crippen molar-refractivity contribution in [1.29, 1.82) is 0 Å². The Morgan fingerprint density at radius 3 is 2.46 bits per heavy atom. The molecule has 0 aromatic heterocycles. The number of rotatable bonds is 7. The van der Waals surface area contributed by atoms with E-state index in [1.807, 2.05) is 55.5 Å². The number of carboxylic acid groups (broad SMARTS) is 1. The zero-order chi connectivity index (χ0) is 17.4. The molecule has 124 valence electrons. The fourth-order valence-corrected chi connectivity index (χ4v) is 2.32. The SMILES string of the molecule is Cc1ccccc1/C=C/C(=O)Nc1ccc(CCCC(=O)O)cc1. The van der Waals surface area contributed by atoms with E-state index in [0.29, 0.717) is 12.8 Å². The van der Waals surface area contributed by atoms with Crippen molar-refractivity contribution in [3.8, 4) is 0 Å². The van der Waals surface area contributed by atoms with Crippen LogP contribution in [0.5, 0.6) is 0 Å². The van der Waals surface area contributed by atoms with Crippen molar-refractivity contribution in [2.45, 2.75) is 26.2 Å². The molecule has 2 rings (SSSR count). The summed E-state index contributed by atoms with van der Waals surface area (Å²) in [5.74, 6) is -0.962. The average molecular weight is 323 g/mol. The van der Waals surface area contributed by atoms with Crippen LogP contribution in [0.3, 0.4) is 0 Å². The summed E-state index contributed by atoms with van der Waals surface area (Å²) in [7, 11) is 0. The van der Waals surface area contributed by atoms with E-state index in [9.17, 15) is 9.59 Å². The summed E-state index contributed by atoms with van der Waals surface area (Å²) in [5, 5.41) is 11.4. The Hall–Kier alpha value is -2.88. The van der Waals surface area contributed by atoms with Gasteiger partial charge in [-0.05, 0) is 54.7 Å². The summed E-state index contributed by atoms with van der Waals surface area (Å²) in [5.41, 5.74) is 3.91. The molecule has 2 aromatic rings. The monoisotopic (exact) mass is 323 g/mol. The van der Waals surface area contributed by atoms with Gasteiger partial charge in [-0.3, -0.25) is 9.59 Å². The van der Waals surface area contributed by atoms with Gasteiger partial charge in [0.15, 0.2) is 0 Å². The Balaban J connectivity index is 1.88. The molecule has 0 heterocycles. The van der Waals surface area contributed by atoms with Crippen molar-refractivity contribution >= 4 is 23.6 Å². The zero-order valence-corrected chi connectivity index (χ0v) is 13.7. The Labute approximate surface area is 141 Å². The standard InChI is InChI=1S/C20H21NO3/c1-15-5-2-3-7-17(15)11-14-19(22)21-18-12-9-16(10-13-18)6-4-8-20(23)24/h2-3,5,7,9-14H,4,6,8H2,1H3,(H,21,22)(H,23,24)/b14-11+. The maximum Gasteiger partial charge on any atom is 0.303 e. The second-order valence-electron chi connectivity index (χ2n) is 5.62. The number of aliphatic carboxylic acids is 1. The predicted octanol–water partition coefficient (Wildman–Crippen LogP) is 4.05. The maximum atomic E-state index is 12.0. The Morgan fingerprint density at radius 2 is 1.79 bits per heavy atom. The van der Waals surface area contributed by atoms with E-state index in [-0.39, 0.29) is 12.3 Å². The van der Waals surface area contributed by atoms with Crippen LogP contribution in [-0.4, -0.2) is 17.0 Å². The molecular formula is C20H21NO3. The van der Waals surface area contributed by atoms with E-state index in [1.54, 1.807) is 6.08 Å². The van der Waals surface area contributed by atoms with Crippen LogP contribution in [0, 0.1) is 6.92 Å². The smallest absolute Gasteiger partial charge is 0.303 e. The van der Waals surface area contributed by atoms with Crippen LogP contribution in [0.1, 0.15) is 29.5 Å². The van der Waals surface area contributed by atoms with Crippen molar-refractivity contribution in [3.63, 3.8) is 0 Å². The summed E-state index contributed by atoms with van der Waals surface area (Å²) in [4.78, 5) is 22.5. The topological polar surface area (TPSA) is 66.4 Å². The van der Waals surface area contributed by atoms with Crippen LogP contribution in [0.25, 0.3) is 6.08 Å². The number of carboxylic acids is 1. The van der Waals surface area contributed by atoms with Gasteiger partial charge in [0.25, 0.3) is 0 Å². The fraction of sp³-hybridized carbons (Fsp3) is 0.200. The first kappa shape index (κ1) is 17.5. The summed E-state index contributed by atoms with van der Waals surface area (Å²) in [6.07, 6.45) is 4.81. The van der Waals surface area contributed by atoms with Crippen LogP contribution in [-0.2, 0) is 16.0 Å². The quantitative estimate of drug-likeness (QED) is 0.755. The lowest BCUT2D eigenvalue weighted by Gasteiger charge is -2.05. The van der Waals surface area contributed by atoms with E-state index < -0.39 is 5.97 Å². The number of hydrogen-bond donors (Lipinski definition) is 2. The van der Waals surface area contributed by atoms with Gasteiger partial charge >= 0.3 is 5.97 Å². The third-order valence-corrected chi connectivity index (χ3v) is 3.68. The van der Waals surface area contributed by atoms with Gasteiger partial charge in [0.1, 0.15) is 0 Å². The number of anilines is 1. The van der Waals surface area contributed by atoms with Crippen LogP contribution in [0.15, 0.2) is 54.6 Å². The minimum absolute atomic E-state index is 0.169. The molecule has 24 heavy (non-hydrogen) atoms. The molecule has 0 aliphatic heterocycles. The highest BCUT2D eigenvalue weighted by molar-refractivity contribution is 6.02. The Morgan fingerprint density at radius 1 is 1.08 bits per heavy atom. The average Bonchev–Trinajstić information content (AvgIpc) is 2.55. The highest BCUT2D eigenvalue weighted by Gasteiger charge is 2.01. The van der Waals surface area contributed by atoms with Crippen LogP contribution in [0.2, 0.25) is 0 Å². The molecule has 2 aromatic carbocycles. The van der Waals surface area contributed by atoms with Gasteiger partial charge in [0, 0.05) is 18.2 Å². The molecule has 4 heteroatoms. The molecule has 0 aliphatic carbocycles. The van der Waals surface area contributed by atoms with E-state index in [4.69, 9.17) is 5.11 Å². The molecule has 0 spiro atoms. The number of benzene rings is 2. The number of aryl methyl sites for hydroxylation is 2. The zero-order valence-electron chi connectivity index (χ0n) is 13.7. The minimum Gasteiger partial charge on any atom is -0.481 e. The molecule has 4 nitrogen and oxygen atoms in total. The van der Waals surface area contributed by atoms with E-state index in [0.717, 1.165) is 22.4 Å². The van der Waals surface area contributed by atoms with Gasteiger partial charge in [-0.2, -0.15) is 0 Å². The van der Waals surface area contributed by atoms with Gasteiger partial charge in [-0.15, -0.1) is 0 Å².